The topological polar surface area (TPSA) is 3.24 Å². The fourth-order valence-corrected chi connectivity index (χ4v) is 2.17. The van der Waals surface area contributed by atoms with Gasteiger partial charge in [0.15, 0.2) is 0 Å². The number of hydrogen-bond donors (Lipinski definition) is 0. The molecule has 2 heteroatoms. The molecule has 1 rings (SSSR count). The van der Waals surface area contributed by atoms with Gasteiger partial charge >= 0.3 is 0 Å². The van der Waals surface area contributed by atoms with E-state index in [9.17, 15) is 0 Å². The highest BCUT2D eigenvalue weighted by Gasteiger charge is 2.25. The Hall–Kier alpha value is -0.690. The van der Waals surface area contributed by atoms with E-state index < -0.39 is 0 Å². The largest absolute Gasteiger partial charge is 0.371 e. The Bertz CT molecular complexity index is 379. The van der Waals surface area contributed by atoms with E-state index in [0.717, 1.165) is 0 Å². The lowest BCUT2D eigenvalue weighted by molar-refractivity contribution is 0.329. The first kappa shape index (κ1) is 14.4. The maximum absolute atomic E-state index is 6.04. The molecule has 0 saturated carbocycles. The van der Waals surface area contributed by atoms with Gasteiger partial charge in [0.05, 0.1) is 0 Å². The minimum atomic E-state index is 0.253. The van der Waals surface area contributed by atoms with Crippen LogP contribution in [0.5, 0.6) is 0 Å². The van der Waals surface area contributed by atoms with Gasteiger partial charge < -0.3 is 4.90 Å². The van der Waals surface area contributed by atoms with Crippen LogP contribution in [0.25, 0.3) is 0 Å². The number of alkyl halides is 1. The first-order valence-electron chi connectivity index (χ1n) is 6.15. The summed E-state index contributed by atoms with van der Waals surface area (Å²) >= 11 is 6.04. The summed E-state index contributed by atoms with van der Waals surface area (Å²) in [6.45, 7) is 11.2. The molecule has 1 atom stereocenters. The number of rotatable bonds is 3. The first-order valence-corrected chi connectivity index (χ1v) is 6.69. The minimum absolute atomic E-state index is 0.253. The Kier molecular flexibility index (Phi) is 4.48. The third kappa shape index (κ3) is 3.38. The molecule has 0 radical (unpaired) electrons. The van der Waals surface area contributed by atoms with Crippen molar-refractivity contribution < 1.29 is 0 Å². The van der Waals surface area contributed by atoms with Crippen LogP contribution in [0.2, 0.25) is 0 Å². The molecule has 1 nitrogen and oxygen atoms in total. The van der Waals surface area contributed by atoms with Gasteiger partial charge in [0.25, 0.3) is 0 Å². The van der Waals surface area contributed by atoms with Gasteiger partial charge in [-0.05, 0) is 30.9 Å². The highest BCUT2D eigenvalue weighted by molar-refractivity contribution is 6.17. The number of anilines is 1. The van der Waals surface area contributed by atoms with Crippen molar-refractivity contribution in [1.82, 2.24) is 0 Å². The van der Waals surface area contributed by atoms with Crippen molar-refractivity contribution in [1.29, 1.82) is 0 Å². The second-order valence-corrected chi connectivity index (χ2v) is 6.19. The quantitative estimate of drug-likeness (QED) is 0.712. The van der Waals surface area contributed by atoms with Crippen molar-refractivity contribution in [2.45, 2.75) is 46.5 Å². The van der Waals surface area contributed by atoms with Gasteiger partial charge in [-0.3, -0.25) is 0 Å². The smallest absolute Gasteiger partial charge is 0.0494 e. The van der Waals surface area contributed by atoms with Crippen LogP contribution < -0.4 is 4.90 Å². The van der Waals surface area contributed by atoms with E-state index in [1.54, 1.807) is 0 Å². The molecule has 0 amide bonds. The lowest BCUT2D eigenvalue weighted by atomic mass is 9.86. The van der Waals surface area contributed by atoms with Crippen molar-refractivity contribution in [3.05, 3.63) is 29.3 Å². The molecule has 0 bridgehead atoms. The molecule has 1 aromatic carbocycles. The summed E-state index contributed by atoms with van der Waals surface area (Å²) in [5.74, 6) is 0.568. The van der Waals surface area contributed by atoms with Crippen molar-refractivity contribution in [2.24, 2.45) is 5.41 Å². The average Bonchev–Trinajstić information content (AvgIpc) is 2.25. The first-order chi connectivity index (χ1) is 7.77. The maximum Gasteiger partial charge on any atom is 0.0494 e. The fraction of sp³-hybridized carbons (Fsp3) is 0.600. The summed E-state index contributed by atoms with van der Waals surface area (Å²) < 4.78 is 0. The zero-order chi connectivity index (χ0) is 13.2. The monoisotopic (exact) mass is 253 g/mol. The molecule has 1 aromatic rings. The summed E-state index contributed by atoms with van der Waals surface area (Å²) in [5, 5.41) is 0. The van der Waals surface area contributed by atoms with Crippen molar-refractivity contribution in [2.75, 3.05) is 11.9 Å². The molecular weight excluding hydrogens is 230 g/mol. The van der Waals surface area contributed by atoms with Crippen LogP contribution in [0.15, 0.2) is 18.2 Å². The molecule has 0 aromatic heterocycles. The van der Waals surface area contributed by atoms with Gasteiger partial charge in [0, 0.05) is 24.7 Å². The second kappa shape index (κ2) is 5.30. The Morgan fingerprint density at radius 3 is 2.35 bits per heavy atom. The van der Waals surface area contributed by atoms with Crippen molar-refractivity contribution in [3.8, 4) is 0 Å². The summed E-state index contributed by atoms with van der Waals surface area (Å²) in [7, 11) is 2.15. The molecule has 0 aliphatic rings. The number of nitrogens with zero attached hydrogens (tertiary/aromatic N) is 1. The maximum atomic E-state index is 6.04. The minimum Gasteiger partial charge on any atom is -0.371 e. The number of benzene rings is 1. The Balaban J connectivity index is 3.08. The molecular formula is C15H24ClN. The molecule has 0 aliphatic heterocycles. The molecule has 0 N–H and O–H groups in total. The van der Waals surface area contributed by atoms with Crippen LogP contribution in [-0.2, 0) is 5.88 Å². The predicted octanol–water partition coefficient (Wildman–Crippen LogP) is 4.60. The van der Waals surface area contributed by atoms with Gasteiger partial charge in [-0.2, -0.15) is 0 Å². The molecule has 96 valence electrons. The Morgan fingerprint density at radius 2 is 1.88 bits per heavy atom. The molecule has 0 saturated heterocycles. The van der Waals surface area contributed by atoms with Gasteiger partial charge in [-0.25, -0.2) is 0 Å². The van der Waals surface area contributed by atoms with E-state index >= 15 is 0 Å². The molecule has 0 aliphatic carbocycles. The van der Waals surface area contributed by atoms with E-state index in [1.165, 1.54) is 16.8 Å². The Morgan fingerprint density at radius 1 is 1.29 bits per heavy atom. The van der Waals surface area contributed by atoms with E-state index in [0.29, 0.717) is 11.9 Å². The van der Waals surface area contributed by atoms with Crippen LogP contribution in [0.4, 0.5) is 5.69 Å². The van der Waals surface area contributed by atoms with Gasteiger partial charge in [0.2, 0.25) is 0 Å². The van der Waals surface area contributed by atoms with Gasteiger partial charge in [-0.1, -0.05) is 38.5 Å². The lowest BCUT2D eigenvalue weighted by Gasteiger charge is -2.37. The van der Waals surface area contributed by atoms with Crippen LogP contribution in [0, 0.1) is 12.3 Å². The summed E-state index contributed by atoms with van der Waals surface area (Å²) in [6.07, 6.45) is 0. The van der Waals surface area contributed by atoms with E-state index in [-0.39, 0.29) is 5.41 Å². The highest BCUT2D eigenvalue weighted by atomic mass is 35.5. The molecule has 0 heterocycles. The molecule has 1 unspecified atom stereocenters. The summed E-state index contributed by atoms with van der Waals surface area (Å²) in [6, 6.07) is 6.97. The summed E-state index contributed by atoms with van der Waals surface area (Å²) in [5.41, 5.74) is 3.97. The van der Waals surface area contributed by atoms with Crippen molar-refractivity contribution in [3.63, 3.8) is 0 Å². The van der Waals surface area contributed by atoms with Crippen LogP contribution in [0.3, 0.4) is 0 Å². The zero-order valence-corrected chi connectivity index (χ0v) is 12.6. The fourth-order valence-electron chi connectivity index (χ4n) is 1.95. The van der Waals surface area contributed by atoms with Crippen LogP contribution in [0.1, 0.15) is 38.8 Å². The predicted molar refractivity (Wildman–Crippen MR) is 78.1 cm³/mol. The molecule has 0 spiro atoms. The van der Waals surface area contributed by atoms with E-state index in [2.05, 4.69) is 64.8 Å². The zero-order valence-electron chi connectivity index (χ0n) is 11.8. The SMILES string of the molecule is Cc1ccc(N(C)C(C)C(C)(C)C)c(CCl)c1. The number of hydrogen-bond acceptors (Lipinski definition) is 1. The second-order valence-electron chi connectivity index (χ2n) is 5.92. The van der Waals surface area contributed by atoms with E-state index in [4.69, 9.17) is 11.6 Å². The van der Waals surface area contributed by atoms with Crippen LogP contribution >= 0.6 is 11.6 Å². The van der Waals surface area contributed by atoms with E-state index in [1.807, 2.05) is 0 Å². The highest BCUT2D eigenvalue weighted by Crippen LogP contribution is 2.30. The summed E-state index contributed by atoms with van der Waals surface area (Å²) in [4.78, 5) is 2.33. The number of halogens is 1. The van der Waals surface area contributed by atoms with Crippen molar-refractivity contribution >= 4 is 17.3 Å². The van der Waals surface area contributed by atoms with Gasteiger partial charge in [-0.15, -0.1) is 11.6 Å². The lowest BCUT2D eigenvalue weighted by Crippen LogP contribution is -2.39. The third-order valence-electron chi connectivity index (χ3n) is 3.59. The molecule has 0 fully saturated rings. The Labute approximate surface area is 111 Å². The normalized spacial score (nSPS) is 13.6. The van der Waals surface area contributed by atoms with Gasteiger partial charge in [0.1, 0.15) is 0 Å². The third-order valence-corrected chi connectivity index (χ3v) is 3.88. The average molecular weight is 254 g/mol. The standard InChI is InChI=1S/C15H24ClN/c1-11-7-8-14(13(9-11)10-16)17(6)12(2)15(3,4)5/h7-9,12H,10H2,1-6H3. The van der Waals surface area contributed by atoms with Crippen LogP contribution in [-0.4, -0.2) is 13.1 Å². The molecule has 17 heavy (non-hydrogen) atoms. The number of aryl methyl sites for hydroxylation is 1.